The van der Waals surface area contributed by atoms with Gasteiger partial charge in [0.25, 0.3) is 0 Å². The Hall–Kier alpha value is -0.130. The number of hydrogen-bond donors (Lipinski definition) is 1. The molecule has 0 radical (unpaired) electrons. The van der Waals surface area contributed by atoms with Crippen LogP contribution in [-0.2, 0) is 9.84 Å². The van der Waals surface area contributed by atoms with Crippen LogP contribution in [0.2, 0.25) is 0 Å². The first-order valence-electron chi connectivity index (χ1n) is 6.43. The van der Waals surface area contributed by atoms with Gasteiger partial charge in [0.1, 0.15) is 0 Å². The number of aliphatic hydroxyl groups excluding tert-OH is 1. The van der Waals surface area contributed by atoms with Crippen LogP contribution >= 0.6 is 0 Å². The van der Waals surface area contributed by atoms with Gasteiger partial charge >= 0.3 is 0 Å². The Morgan fingerprint density at radius 1 is 1.35 bits per heavy atom. The van der Waals surface area contributed by atoms with Crippen LogP contribution in [0.25, 0.3) is 0 Å². The van der Waals surface area contributed by atoms with Crippen LogP contribution in [0.3, 0.4) is 0 Å². The first kappa shape index (κ1) is 14.9. The third-order valence-corrected chi connectivity index (χ3v) is 5.40. The molecule has 1 saturated carbocycles. The zero-order valence-electron chi connectivity index (χ0n) is 11.1. The van der Waals surface area contributed by atoms with E-state index in [4.69, 9.17) is 0 Å². The monoisotopic (exact) mass is 263 g/mol. The van der Waals surface area contributed by atoms with E-state index in [1.807, 2.05) is 18.9 Å². The maximum absolute atomic E-state index is 11.8. The fraction of sp³-hybridized carbons (Fsp3) is 1.00. The van der Waals surface area contributed by atoms with Crippen LogP contribution in [-0.4, -0.2) is 55.7 Å². The van der Waals surface area contributed by atoms with Gasteiger partial charge in [-0.2, -0.15) is 0 Å². The molecule has 2 unspecified atom stereocenters. The molecule has 0 aromatic heterocycles. The number of sulfone groups is 1. The van der Waals surface area contributed by atoms with Gasteiger partial charge in [-0.15, -0.1) is 0 Å². The number of hydrogen-bond acceptors (Lipinski definition) is 4. The number of nitrogens with zero attached hydrogens (tertiary/aromatic N) is 1. The molecule has 0 aliphatic heterocycles. The smallest absolute Gasteiger partial charge is 0.151 e. The van der Waals surface area contributed by atoms with Crippen molar-refractivity contribution in [3.05, 3.63) is 0 Å². The van der Waals surface area contributed by atoms with Crippen LogP contribution < -0.4 is 0 Å². The zero-order chi connectivity index (χ0) is 13.1. The molecule has 102 valence electrons. The van der Waals surface area contributed by atoms with Gasteiger partial charge in [-0.1, -0.05) is 19.8 Å². The normalized spacial score (nSPS) is 28.3. The Labute approximate surface area is 105 Å². The molecule has 17 heavy (non-hydrogen) atoms. The van der Waals surface area contributed by atoms with Gasteiger partial charge in [-0.3, -0.25) is 4.90 Å². The van der Waals surface area contributed by atoms with E-state index in [-0.39, 0.29) is 17.4 Å². The molecule has 1 aliphatic carbocycles. The maximum atomic E-state index is 11.8. The van der Waals surface area contributed by atoms with E-state index in [1.54, 1.807) is 0 Å². The number of likely N-dealkylation sites (N-methyl/N-ethyl adjacent to an activating group) is 1. The lowest BCUT2D eigenvalue weighted by molar-refractivity contribution is 0.0900. The molecule has 0 amide bonds. The van der Waals surface area contributed by atoms with Gasteiger partial charge in [0, 0.05) is 18.8 Å². The largest absolute Gasteiger partial charge is 0.392 e. The summed E-state index contributed by atoms with van der Waals surface area (Å²) in [7, 11) is -1.06. The van der Waals surface area contributed by atoms with E-state index in [1.165, 1.54) is 6.26 Å². The third-order valence-electron chi connectivity index (χ3n) is 3.75. The van der Waals surface area contributed by atoms with Gasteiger partial charge in [0.2, 0.25) is 0 Å². The molecule has 0 aromatic carbocycles. The fourth-order valence-corrected chi connectivity index (χ4v) is 4.19. The SMILES string of the molecule is CC[C@@H](O)CN(C)C1CCCCC1S(C)(=O)=O. The summed E-state index contributed by atoms with van der Waals surface area (Å²) in [5.41, 5.74) is 0. The zero-order valence-corrected chi connectivity index (χ0v) is 11.9. The van der Waals surface area contributed by atoms with Crippen molar-refractivity contribution in [2.24, 2.45) is 0 Å². The predicted molar refractivity (Wildman–Crippen MR) is 69.8 cm³/mol. The standard InChI is InChI=1S/C12H25NO3S/c1-4-10(14)9-13(2)11-7-5-6-8-12(11)17(3,15)16/h10-12,14H,4-9H2,1-3H3/t10-,11?,12?/m1/s1. The molecule has 4 nitrogen and oxygen atoms in total. The summed E-state index contributed by atoms with van der Waals surface area (Å²) in [6.45, 7) is 2.50. The van der Waals surface area contributed by atoms with Crippen LogP contribution in [0, 0.1) is 0 Å². The van der Waals surface area contributed by atoms with Crippen molar-refractivity contribution in [2.45, 2.75) is 56.4 Å². The van der Waals surface area contributed by atoms with Crippen molar-refractivity contribution < 1.29 is 13.5 Å². The third kappa shape index (κ3) is 4.23. The highest BCUT2D eigenvalue weighted by atomic mass is 32.2. The molecule has 0 aromatic rings. The quantitative estimate of drug-likeness (QED) is 0.805. The molecule has 1 rings (SSSR count). The minimum absolute atomic E-state index is 0.0694. The molecular weight excluding hydrogens is 238 g/mol. The van der Waals surface area contributed by atoms with Gasteiger partial charge in [-0.25, -0.2) is 8.42 Å². The average Bonchev–Trinajstić information content (AvgIpc) is 2.27. The van der Waals surface area contributed by atoms with E-state index in [9.17, 15) is 13.5 Å². The Bertz CT molecular complexity index is 329. The second-order valence-corrected chi connectivity index (χ2v) is 7.49. The average molecular weight is 263 g/mol. The van der Waals surface area contributed by atoms with E-state index in [0.29, 0.717) is 13.0 Å². The highest BCUT2D eigenvalue weighted by Crippen LogP contribution is 2.27. The van der Waals surface area contributed by atoms with E-state index >= 15 is 0 Å². The van der Waals surface area contributed by atoms with Gasteiger partial charge in [-0.05, 0) is 26.3 Å². The van der Waals surface area contributed by atoms with Crippen LogP contribution in [0.1, 0.15) is 39.0 Å². The summed E-state index contributed by atoms with van der Waals surface area (Å²) < 4.78 is 23.5. The lowest BCUT2D eigenvalue weighted by atomic mass is 9.93. The first-order chi connectivity index (χ1) is 7.86. The molecule has 1 aliphatic rings. The molecule has 0 saturated heterocycles. The summed E-state index contributed by atoms with van der Waals surface area (Å²) in [5, 5.41) is 9.40. The number of aliphatic hydroxyl groups is 1. The molecule has 1 fully saturated rings. The van der Waals surface area contributed by atoms with Crippen molar-refractivity contribution in [3.8, 4) is 0 Å². The molecule has 0 bridgehead atoms. The first-order valence-corrected chi connectivity index (χ1v) is 8.39. The Balaban J connectivity index is 2.71. The lowest BCUT2D eigenvalue weighted by Gasteiger charge is -2.37. The summed E-state index contributed by atoms with van der Waals surface area (Å²) in [6.07, 6.45) is 5.45. The van der Waals surface area contributed by atoms with Crippen molar-refractivity contribution in [1.82, 2.24) is 4.90 Å². The maximum Gasteiger partial charge on any atom is 0.151 e. The fourth-order valence-electron chi connectivity index (χ4n) is 2.68. The second-order valence-electron chi connectivity index (χ2n) is 5.22. The topological polar surface area (TPSA) is 57.6 Å². The van der Waals surface area contributed by atoms with Crippen molar-refractivity contribution in [1.29, 1.82) is 0 Å². The van der Waals surface area contributed by atoms with Gasteiger partial charge in [0.15, 0.2) is 9.84 Å². The highest BCUT2D eigenvalue weighted by Gasteiger charge is 2.35. The van der Waals surface area contributed by atoms with Crippen molar-refractivity contribution in [3.63, 3.8) is 0 Å². The van der Waals surface area contributed by atoms with Gasteiger partial charge < -0.3 is 5.11 Å². The highest BCUT2D eigenvalue weighted by molar-refractivity contribution is 7.91. The Morgan fingerprint density at radius 3 is 2.47 bits per heavy atom. The van der Waals surface area contributed by atoms with E-state index < -0.39 is 9.84 Å². The van der Waals surface area contributed by atoms with Crippen LogP contribution in [0.15, 0.2) is 0 Å². The van der Waals surface area contributed by atoms with Crippen molar-refractivity contribution in [2.75, 3.05) is 19.8 Å². The Morgan fingerprint density at radius 2 is 1.94 bits per heavy atom. The Kier molecular flexibility index (Phi) is 5.41. The summed E-state index contributed by atoms with van der Waals surface area (Å²) in [5.74, 6) is 0. The second kappa shape index (κ2) is 6.16. The molecule has 5 heteroatoms. The minimum atomic E-state index is -2.99. The molecular formula is C12H25NO3S. The van der Waals surface area contributed by atoms with Crippen molar-refractivity contribution >= 4 is 9.84 Å². The summed E-state index contributed by atoms with van der Waals surface area (Å²) in [4.78, 5) is 2.03. The molecule has 0 heterocycles. The van der Waals surface area contributed by atoms with Gasteiger partial charge in [0.05, 0.1) is 11.4 Å². The van der Waals surface area contributed by atoms with Crippen LogP contribution in [0.5, 0.6) is 0 Å². The summed E-state index contributed by atoms with van der Waals surface area (Å²) in [6, 6.07) is 0.0694. The summed E-state index contributed by atoms with van der Waals surface area (Å²) >= 11 is 0. The predicted octanol–water partition coefficient (Wildman–Crippen LogP) is 1.04. The lowest BCUT2D eigenvalue weighted by Crippen LogP contribution is -2.49. The molecule has 1 N–H and O–H groups in total. The van der Waals surface area contributed by atoms with E-state index in [0.717, 1.165) is 25.7 Å². The molecule has 3 atom stereocenters. The minimum Gasteiger partial charge on any atom is -0.392 e. The van der Waals surface area contributed by atoms with E-state index in [2.05, 4.69) is 0 Å². The molecule has 0 spiro atoms. The van der Waals surface area contributed by atoms with Crippen LogP contribution in [0.4, 0.5) is 0 Å². The number of rotatable bonds is 5.